The van der Waals surface area contributed by atoms with Gasteiger partial charge in [-0.05, 0) is 50.6 Å². The predicted molar refractivity (Wildman–Crippen MR) is 86.1 cm³/mol. The van der Waals surface area contributed by atoms with Gasteiger partial charge in [-0.25, -0.2) is 8.42 Å². The molecule has 1 aromatic carbocycles. The molecule has 0 radical (unpaired) electrons. The van der Waals surface area contributed by atoms with Crippen molar-refractivity contribution in [3.63, 3.8) is 0 Å². The SMILES string of the molecule is CCC1(C)CN(Cc2ccc(S(C)(=O)=O)cc2)CCCN1. The van der Waals surface area contributed by atoms with Crippen LogP contribution in [0.4, 0.5) is 0 Å². The minimum atomic E-state index is -3.10. The van der Waals surface area contributed by atoms with Crippen molar-refractivity contribution in [3.05, 3.63) is 29.8 Å². The summed E-state index contributed by atoms with van der Waals surface area (Å²) in [7, 11) is -3.10. The van der Waals surface area contributed by atoms with Gasteiger partial charge < -0.3 is 5.32 Å². The molecule has 4 nitrogen and oxygen atoms in total. The topological polar surface area (TPSA) is 49.4 Å². The third-order valence-electron chi connectivity index (χ3n) is 4.31. The van der Waals surface area contributed by atoms with Gasteiger partial charge in [0, 0.05) is 24.9 Å². The van der Waals surface area contributed by atoms with Crippen molar-refractivity contribution in [3.8, 4) is 0 Å². The Morgan fingerprint density at radius 1 is 1.29 bits per heavy atom. The van der Waals surface area contributed by atoms with Crippen LogP contribution in [-0.2, 0) is 16.4 Å². The molecule has 118 valence electrons. The molecule has 0 saturated carbocycles. The number of benzene rings is 1. The molecule has 1 saturated heterocycles. The van der Waals surface area contributed by atoms with Crippen molar-refractivity contribution in [2.24, 2.45) is 0 Å². The molecule has 0 aromatic heterocycles. The molecule has 1 atom stereocenters. The zero-order valence-electron chi connectivity index (χ0n) is 13.2. The molecule has 1 N–H and O–H groups in total. The van der Waals surface area contributed by atoms with Gasteiger partial charge in [-0.15, -0.1) is 0 Å². The van der Waals surface area contributed by atoms with Crippen LogP contribution in [0.1, 0.15) is 32.3 Å². The lowest BCUT2D eigenvalue weighted by Crippen LogP contribution is -2.48. The van der Waals surface area contributed by atoms with Gasteiger partial charge in [0.1, 0.15) is 0 Å². The third-order valence-corrected chi connectivity index (χ3v) is 5.44. The Bertz CT molecular complexity index is 568. The van der Waals surface area contributed by atoms with Crippen molar-refractivity contribution in [1.82, 2.24) is 10.2 Å². The summed E-state index contributed by atoms with van der Waals surface area (Å²) in [5, 5.41) is 3.63. The normalized spacial score (nSPS) is 24.7. The summed E-state index contributed by atoms with van der Waals surface area (Å²) in [6.45, 7) is 8.54. The second kappa shape index (κ2) is 6.46. The lowest BCUT2D eigenvalue weighted by atomic mass is 9.98. The van der Waals surface area contributed by atoms with E-state index < -0.39 is 9.84 Å². The molecule has 0 aliphatic carbocycles. The number of hydrogen-bond acceptors (Lipinski definition) is 4. The predicted octanol–water partition coefficient (Wildman–Crippen LogP) is 2.05. The maximum Gasteiger partial charge on any atom is 0.175 e. The van der Waals surface area contributed by atoms with Gasteiger partial charge in [0.15, 0.2) is 9.84 Å². The first kappa shape index (κ1) is 16.5. The minimum Gasteiger partial charge on any atom is -0.310 e. The summed E-state index contributed by atoms with van der Waals surface area (Å²) in [5.41, 5.74) is 1.34. The lowest BCUT2D eigenvalue weighted by molar-refractivity contribution is 0.208. The molecule has 1 aliphatic heterocycles. The Hall–Kier alpha value is -0.910. The average molecular weight is 310 g/mol. The van der Waals surface area contributed by atoms with Crippen LogP contribution in [0.5, 0.6) is 0 Å². The van der Waals surface area contributed by atoms with E-state index in [4.69, 9.17) is 0 Å². The van der Waals surface area contributed by atoms with Crippen molar-refractivity contribution >= 4 is 9.84 Å². The zero-order chi connectivity index (χ0) is 15.5. The third kappa shape index (κ3) is 4.53. The van der Waals surface area contributed by atoms with Gasteiger partial charge in [0.05, 0.1) is 4.90 Å². The molecule has 1 aromatic rings. The molecule has 0 amide bonds. The number of hydrogen-bond donors (Lipinski definition) is 1. The van der Waals surface area contributed by atoms with E-state index in [0.29, 0.717) is 4.90 Å². The van der Waals surface area contributed by atoms with Crippen LogP contribution in [0.2, 0.25) is 0 Å². The fraction of sp³-hybridized carbons (Fsp3) is 0.625. The Kier molecular flexibility index (Phi) is 5.07. The molecule has 1 heterocycles. The van der Waals surface area contributed by atoms with E-state index in [2.05, 4.69) is 24.1 Å². The summed E-state index contributed by atoms with van der Waals surface area (Å²) in [4.78, 5) is 2.85. The van der Waals surface area contributed by atoms with Crippen molar-refractivity contribution in [2.75, 3.05) is 25.9 Å². The highest BCUT2D eigenvalue weighted by Gasteiger charge is 2.26. The summed E-state index contributed by atoms with van der Waals surface area (Å²) < 4.78 is 23.0. The smallest absolute Gasteiger partial charge is 0.175 e. The Labute approximate surface area is 128 Å². The van der Waals surface area contributed by atoms with Crippen LogP contribution in [0.15, 0.2) is 29.2 Å². The molecular weight excluding hydrogens is 284 g/mol. The molecular formula is C16H26N2O2S. The van der Waals surface area contributed by atoms with E-state index in [-0.39, 0.29) is 5.54 Å². The molecule has 2 rings (SSSR count). The van der Waals surface area contributed by atoms with Gasteiger partial charge in [-0.1, -0.05) is 19.1 Å². The van der Waals surface area contributed by atoms with Crippen LogP contribution < -0.4 is 5.32 Å². The molecule has 0 bridgehead atoms. The minimum absolute atomic E-state index is 0.170. The monoisotopic (exact) mass is 310 g/mol. The summed E-state index contributed by atoms with van der Waals surface area (Å²) in [5.74, 6) is 0. The van der Waals surface area contributed by atoms with Gasteiger partial charge in [-0.2, -0.15) is 0 Å². The number of sulfone groups is 1. The van der Waals surface area contributed by atoms with Gasteiger partial charge in [0.2, 0.25) is 0 Å². The summed E-state index contributed by atoms with van der Waals surface area (Å²) >= 11 is 0. The quantitative estimate of drug-likeness (QED) is 0.925. The van der Waals surface area contributed by atoms with E-state index in [1.807, 2.05) is 12.1 Å². The lowest BCUT2D eigenvalue weighted by Gasteiger charge is -2.32. The van der Waals surface area contributed by atoms with Crippen molar-refractivity contribution < 1.29 is 8.42 Å². The Balaban J connectivity index is 2.06. The molecule has 5 heteroatoms. The van der Waals surface area contributed by atoms with E-state index in [1.54, 1.807) is 12.1 Å². The highest BCUT2D eigenvalue weighted by molar-refractivity contribution is 7.90. The van der Waals surface area contributed by atoms with E-state index >= 15 is 0 Å². The van der Waals surface area contributed by atoms with E-state index in [1.165, 1.54) is 11.8 Å². The fourth-order valence-electron chi connectivity index (χ4n) is 2.79. The second-order valence-corrected chi connectivity index (χ2v) is 8.34. The number of nitrogens with one attached hydrogen (secondary N) is 1. The molecule has 1 aliphatic rings. The van der Waals surface area contributed by atoms with Gasteiger partial charge >= 0.3 is 0 Å². The van der Waals surface area contributed by atoms with E-state index in [0.717, 1.165) is 39.0 Å². The first-order valence-electron chi connectivity index (χ1n) is 7.59. The zero-order valence-corrected chi connectivity index (χ0v) is 14.0. The molecule has 1 fully saturated rings. The van der Waals surface area contributed by atoms with E-state index in [9.17, 15) is 8.42 Å². The summed E-state index contributed by atoms with van der Waals surface area (Å²) in [6.07, 6.45) is 3.50. The van der Waals surface area contributed by atoms with Gasteiger partial charge in [-0.3, -0.25) is 4.90 Å². The molecule has 1 unspecified atom stereocenters. The van der Waals surface area contributed by atoms with Gasteiger partial charge in [0.25, 0.3) is 0 Å². The Morgan fingerprint density at radius 3 is 2.52 bits per heavy atom. The average Bonchev–Trinajstić information content (AvgIpc) is 2.61. The fourth-order valence-corrected chi connectivity index (χ4v) is 3.42. The first-order valence-corrected chi connectivity index (χ1v) is 9.48. The maximum atomic E-state index is 11.5. The van der Waals surface area contributed by atoms with Crippen molar-refractivity contribution in [1.29, 1.82) is 0 Å². The van der Waals surface area contributed by atoms with Crippen LogP contribution in [0.25, 0.3) is 0 Å². The van der Waals surface area contributed by atoms with Crippen LogP contribution in [0.3, 0.4) is 0 Å². The van der Waals surface area contributed by atoms with Crippen LogP contribution >= 0.6 is 0 Å². The molecule has 0 spiro atoms. The standard InChI is InChI=1S/C16H26N2O2S/c1-4-16(2)13-18(11-5-10-17-16)12-14-6-8-15(9-7-14)21(3,19)20/h6-9,17H,4-5,10-13H2,1-3H3. The van der Waals surface area contributed by atoms with Crippen molar-refractivity contribution in [2.45, 2.75) is 43.7 Å². The molecule has 21 heavy (non-hydrogen) atoms. The number of nitrogens with zero attached hydrogens (tertiary/aromatic N) is 1. The number of rotatable bonds is 4. The largest absolute Gasteiger partial charge is 0.310 e. The van der Waals surface area contributed by atoms with Crippen LogP contribution in [-0.4, -0.2) is 44.7 Å². The Morgan fingerprint density at radius 2 is 1.95 bits per heavy atom. The highest BCUT2D eigenvalue weighted by Crippen LogP contribution is 2.18. The highest BCUT2D eigenvalue weighted by atomic mass is 32.2. The second-order valence-electron chi connectivity index (χ2n) is 6.32. The first-order chi connectivity index (χ1) is 9.82. The summed E-state index contributed by atoms with van der Waals surface area (Å²) in [6, 6.07) is 7.27. The van der Waals surface area contributed by atoms with Crippen LogP contribution in [0, 0.1) is 0 Å². The maximum absolute atomic E-state index is 11.5.